The van der Waals surface area contributed by atoms with Crippen molar-refractivity contribution < 1.29 is 9.53 Å². The summed E-state index contributed by atoms with van der Waals surface area (Å²) >= 11 is 5.78. The number of carbonyl (C=O) groups excluding carboxylic acids is 1. The van der Waals surface area contributed by atoms with Crippen LogP contribution in [0.2, 0.25) is 0 Å². The van der Waals surface area contributed by atoms with E-state index in [1.807, 2.05) is 19.9 Å². The molecule has 2 rings (SSSR count). The molecular weight excluding hydrogens is 254 g/mol. The van der Waals surface area contributed by atoms with Gasteiger partial charge in [0.1, 0.15) is 5.69 Å². The highest BCUT2D eigenvalue weighted by molar-refractivity contribution is 6.18. The zero-order valence-electron chi connectivity index (χ0n) is 10.7. The Kier molecular flexibility index (Phi) is 4.24. The van der Waals surface area contributed by atoms with E-state index in [-0.39, 0.29) is 12.0 Å². The number of nitrogens with zero attached hydrogens (tertiary/aromatic N) is 3. The fraction of sp³-hybridized carbons (Fsp3) is 0.667. The molecule has 1 amide bonds. The van der Waals surface area contributed by atoms with Gasteiger partial charge in [-0.15, -0.1) is 11.6 Å². The average Bonchev–Trinajstić information content (AvgIpc) is 2.79. The molecule has 18 heavy (non-hydrogen) atoms. The highest BCUT2D eigenvalue weighted by Crippen LogP contribution is 2.13. The minimum absolute atomic E-state index is 0.0101. The van der Waals surface area contributed by atoms with Gasteiger partial charge in [0.2, 0.25) is 0 Å². The molecule has 1 unspecified atom stereocenters. The van der Waals surface area contributed by atoms with Crippen LogP contribution in [0.15, 0.2) is 6.07 Å². The van der Waals surface area contributed by atoms with E-state index in [4.69, 9.17) is 16.3 Å². The minimum Gasteiger partial charge on any atom is -0.373 e. The maximum atomic E-state index is 12.4. The molecule has 0 bridgehead atoms. The molecular formula is C12H18ClN3O2. The van der Waals surface area contributed by atoms with Crippen LogP contribution in [0.5, 0.6) is 0 Å². The van der Waals surface area contributed by atoms with Gasteiger partial charge in [-0.2, -0.15) is 5.10 Å². The summed E-state index contributed by atoms with van der Waals surface area (Å²) in [5, 5.41) is 4.30. The maximum absolute atomic E-state index is 12.4. The van der Waals surface area contributed by atoms with Gasteiger partial charge in [0.25, 0.3) is 5.91 Å². The lowest BCUT2D eigenvalue weighted by Crippen LogP contribution is -2.46. The van der Waals surface area contributed by atoms with E-state index in [1.165, 1.54) is 0 Å². The van der Waals surface area contributed by atoms with Crippen LogP contribution in [0, 0.1) is 6.92 Å². The lowest BCUT2D eigenvalue weighted by atomic mass is 10.2. The number of aryl methyl sites for hydroxylation is 2. The summed E-state index contributed by atoms with van der Waals surface area (Å²) < 4.78 is 7.20. The lowest BCUT2D eigenvalue weighted by Gasteiger charge is -2.32. The van der Waals surface area contributed by atoms with E-state index in [2.05, 4.69) is 5.10 Å². The van der Waals surface area contributed by atoms with Crippen LogP contribution >= 0.6 is 11.6 Å². The minimum atomic E-state index is -0.0662. The number of ether oxygens (including phenoxy) is 1. The molecule has 1 aliphatic rings. The third-order valence-electron chi connectivity index (χ3n) is 3.02. The normalized spacial score (nSPS) is 20.2. The molecule has 100 valence electrons. The number of hydrogen-bond donors (Lipinski definition) is 0. The predicted octanol–water partition coefficient (Wildman–Crippen LogP) is 1.29. The standard InChI is InChI=1S/C12H18ClN3O2/c1-3-16-11(6-9(2)14-16)12(17)15-4-5-18-10(7-13)8-15/h6,10H,3-5,7-8H2,1-2H3. The third-order valence-corrected chi connectivity index (χ3v) is 3.36. The summed E-state index contributed by atoms with van der Waals surface area (Å²) in [6.07, 6.45) is -0.0662. The third kappa shape index (κ3) is 2.67. The van der Waals surface area contributed by atoms with Crippen molar-refractivity contribution in [1.82, 2.24) is 14.7 Å². The van der Waals surface area contributed by atoms with E-state index in [9.17, 15) is 4.79 Å². The van der Waals surface area contributed by atoms with Crippen molar-refractivity contribution >= 4 is 17.5 Å². The van der Waals surface area contributed by atoms with Gasteiger partial charge in [0, 0.05) is 19.6 Å². The molecule has 1 aromatic rings. The highest BCUT2D eigenvalue weighted by Gasteiger charge is 2.26. The topological polar surface area (TPSA) is 47.4 Å². The second kappa shape index (κ2) is 5.71. The molecule has 1 fully saturated rings. The van der Waals surface area contributed by atoms with Crippen molar-refractivity contribution in [1.29, 1.82) is 0 Å². The van der Waals surface area contributed by atoms with Crippen molar-refractivity contribution in [3.05, 3.63) is 17.5 Å². The molecule has 2 heterocycles. The molecule has 1 aromatic heterocycles. The lowest BCUT2D eigenvalue weighted by molar-refractivity contribution is -0.0112. The molecule has 0 radical (unpaired) electrons. The van der Waals surface area contributed by atoms with Crippen molar-refractivity contribution in [3.8, 4) is 0 Å². The quantitative estimate of drug-likeness (QED) is 0.779. The first-order valence-electron chi connectivity index (χ1n) is 6.17. The van der Waals surface area contributed by atoms with Gasteiger partial charge in [-0.25, -0.2) is 0 Å². The number of alkyl halides is 1. The van der Waals surface area contributed by atoms with Crippen molar-refractivity contribution in [3.63, 3.8) is 0 Å². The summed E-state index contributed by atoms with van der Waals surface area (Å²) in [5.74, 6) is 0.423. The van der Waals surface area contributed by atoms with Crippen LogP contribution in [-0.2, 0) is 11.3 Å². The Morgan fingerprint density at radius 2 is 2.44 bits per heavy atom. The summed E-state index contributed by atoms with van der Waals surface area (Å²) in [4.78, 5) is 14.2. The molecule has 1 aliphatic heterocycles. The molecule has 1 saturated heterocycles. The van der Waals surface area contributed by atoms with Crippen LogP contribution in [0.4, 0.5) is 0 Å². The zero-order chi connectivity index (χ0) is 13.1. The molecule has 5 nitrogen and oxygen atoms in total. The van der Waals surface area contributed by atoms with Gasteiger partial charge in [-0.3, -0.25) is 9.48 Å². The number of amides is 1. The van der Waals surface area contributed by atoms with E-state index in [0.717, 1.165) is 5.69 Å². The molecule has 1 atom stereocenters. The number of rotatable bonds is 3. The van der Waals surface area contributed by atoms with E-state index >= 15 is 0 Å². The number of hydrogen-bond acceptors (Lipinski definition) is 3. The van der Waals surface area contributed by atoms with E-state index < -0.39 is 0 Å². The first-order valence-corrected chi connectivity index (χ1v) is 6.70. The fourth-order valence-corrected chi connectivity index (χ4v) is 2.30. The van der Waals surface area contributed by atoms with Gasteiger partial charge in [0.05, 0.1) is 24.3 Å². The van der Waals surface area contributed by atoms with Crippen LogP contribution in [0.25, 0.3) is 0 Å². The van der Waals surface area contributed by atoms with Crippen molar-refractivity contribution in [2.75, 3.05) is 25.6 Å². The Balaban J connectivity index is 2.14. The second-order valence-electron chi connectivity index (χ2n) is 4.38. The Labute approximate surface area is 112 Å². The van der Waals surface area contributed by atoms with Gasteiger partial charge in [-0.05, 0) is 19.9 Å². The van der Waals surface area contributed by atoms with E-state index in [1.54, 1.807) is 9.58 Å². The maximum Gasteiger partial charge on any atom is 0.272 e. The van der Waals surface area contributed by atoms with Crippen LogP contribution < -0.4 is 0 Å². The summed E-state index contributed by atoms with van der Waals surface area (Å²) in [5.41, 5.74) is 1.51. The van der Waals surface area contributed by atoms with Gasteiger partial charge >= 0.3 is 0 Å². The largest absolute Gasteiger partial charge is 0.373 e. The smallest absolute Gasteiger partial charge is 0.272 e. The number of carbonyl (C=O) groups is 1. The van der Waals surface area contributed by atoms with Crippen molar-refractivity contribution in [2.24, 2.45) is 0 Å². The van der Waals surface area contributed by atoms with Crippen LogP contribution in [0.3, 0.4) is 0 Å². The summed E-state index contributed by atoms with van der Waals surface area (Å²) in [6.45, 7) is 6.27. The number of halogens is 1. The molecule has 0 saturated carbocycles. The first kappa shape index (κ1) is 13.4. The predicted molar refractivity (Wildman–Crippen MR) is 69.0 cm³/mol. The Hall–Kier alpha value is -1.07. The summed E-state index contributed by atoms with van der Waals surface area (Å²) in [6, 6.07) is 1.83. The SMILES string of the molecule is CCn1nc(C)cc1C(=O)N1CCOC(CCl)C1. The highest BCUT2D eigenvalue weighted by atomic mass is 35.5. The Bertz CT molecular complexity index is 433. The van der Waals surface area contributed by atoms with E-state index in [0.29, 0.717) is 37.8 Å². The number of aromatic nitrogens is 2. The Morgan fingerprint density at radius 1 is 1.67 bits per heavy atom. The molecule has 0 aliphatic carbocycles. The first-order chi connectivity index (χ1) is 8.65. The van der Waals surface area contributed by atoms with Gasteiger partial charge in [-0.1, -0.05) is 0 Å². The molecule has 0 aromatic carbocycles. The molecule has 6 heteroatoms. The molecule has 0 N–H and O–H groups in total. The fourth-order valence-electron chi connectivity index (χ4n) is 2.12. The van der Waals surface area contributed by atoms with Crippen LogP contribution in [0.1, 0.15) is 23.1 Å². The van der Waals surface area contributed by atoms with Gasteiger partial charge in [0.15, 0.2) is 0 Å². The summed E-state index contributed by atoms with van der Waals surface area (Å²) in [7, 11) is 0. The van der Waals surface area contributed by atoms with Gasteiger partial charge < -0.3 is 9.64 Å². The Morgan fingerprint density at radius 3 is 3.11 bits per heavy atom. The number of morpholine rings is 1. The monoisotopic (exact) mass is 271 g/mol. The average molecular weight is 272 g/mol. The molecule has 0 spiro atoms. The zero-order valence-corrected chi connectivity index (χ0v) is 11.5. The van der Waals surface area contributed by atoms with Crippen molar-refractivity contribution in [2.45, 2.75) is 26.5 Å². The second-order valence-corrected chi connectivity index (χ2v) is 4.69. The van der Waals surface area contributed by atoms with Crippen LogP contribution in [-0.4, -0.2) is 52.3 Å².